The van der Waals surface area contributed by atoms with E-state index in [0.717, 1.165) is 30.8 Å². The maximum atomic E-state index is 12.1. The van der Waals surface area contributed by atoms with Crippen LogP contribution in [0.25, 0.3) is 0 Å². The zero-order valence-corrected chi connectivity index (χ0v) is 14.2. The molecule has 23 heavy (non-hydrogen) atoms. The van der Waals surface area contributed by atoms with Crippen LogP contribution in [0.3, 0.4) is 0 Å². The lowest BCUT2D eigenvalue weighted by molar-refractivity contribution is -0.120. The Balaban J connectivity index is 1.90. The molecule has 3 nitrogen and oxygen atoms in total. The summed E-state index contributed by atoms with van der Waals surface area (Å²) in [6.45, 7) is 6.99. The first-order valence-electron chi connectivity index (χ1n) is 8.32. The third-order valence-corrected chi connectivity index (χ3v) is 4.09. The number of amides is 1. The number of anilines is 2. The highest BCUT2D eigenvalue weighted by Gasteiger charge is 2.13. The van der Waals surface area contributed by atoms with Gasteiger partial charge in [0.25, 0.3) is 0 Å². The molecular formula is C20H26N2O. The third-order valence-electron chi connectivity index (χ3n) is 4.09. The predicted molar refractivity (Wildman–Crippen MR) is 97.6 cm³/mol. The molecule has 0 saturated heterocycles. The third kappa shape index (κ3) is 5.13. The van der Waals surface area contributed by atoms with Crippen LogP contribution in [0.2, 0.25) is 0 Å². The lowest BCUT2D eigenvalue weighted by atomic mass is 10.0. The van der Waals surface area contributed by atoms with Crippen LogP contribution in [-0.4, -0.2) is 5.91 Å². The second kappa shape index (κ2) is 8.37. The number of benzene rings is 2. The molecule has 2 rings (SSSR count). The van der Waals surface area contributed by atoms with Crippen molar-refractivity contribution in [1.29, 1.82) is 0 Å². The molecule has 122 valence electrons. The Labute approximate surface area is 139 Å². The molecule has 0 heterocycles. The summed E-state index contributed by atoms with van der Waals surface area (Å²) in [7, 11) is 0. The maximum absolute atomic E-state index is 12.1. The fourth-order valence-electron chi connectivity index (χ4n) is 2.60. The van der Waals surface area contributed by atoms with E-state index < -0.39 is 0 Å². The average molecular weight is 310 g/mol. The SMILES string of the molecule is CCC(CC)C(=O)Nc1ccc(NCc2cccc(C)c2)cc1. The van der Waals surface area contributed by atoms with Crippen molar-refractivity contribution < 1.29 is 4.79 Å². The van der Waals surface area contributed by atoms with Gasteiger partial charge in [0, 0.05) is 23.8 Å². The smallest absolute Gasteiger partial charge is 0.227 e. The fourth-order valence-corrected chi connectivity index (χ4v) is 2.60. The van der Waals surface area contributed by atoms with Crippen molar-refractivity contribution in [2.24, 2.45) is 5.92 Å². The fraction of sp³-hybridized carbons (Fsp3) is 0.350. The van der Waals surface area contributed by atoms with E-state index in [1.807, 2.05) is 38.1 Å². The molecule has 0 radical (unpaired) electrons. The van der Waals surface area contributed by atoms with Crippen LogP contribution in [0.1, 0.15) is 37.8 Å². The van der Waals surface area contributed by atoms with Gasteiger partial charge in [0.05, 0.1) is 0 Å². The Morgan fingerprint density at radius 2 is 1.65 bits per heavy atom. The monoisotopic (exact) mass is 310 g/mol. The molecule has 0 aromatic heterocycles. The number of carbonyl (C=O) groups excluding carboxylic acids is 1. The van der Waals surface area contributed by atoms with Gasteiger partial charge in [-0.1, -0.05) is 43.7 Å². The first kappa shape index (κ1) is 17.1. The lowest BCUT2D eigenvalue weighted by Gasteiger charge is -2.13. The van der Waals surface area contributed by atoms with Crippen molar-refractivity contribution in [2.45, 2.75) is 40.2 Å². The van der Waals surface area contributed by atoms with Crippen molar-refractivity contribution in [3.63, 3.8) is 0 Å². The Morgan fingerprint density at radius 3 is 2.26 bits per heavy atom. The van der Waals surface area contributed by atoms with E-state index in [2.05, 4.69) is 41.8 Å². The van der Waals surface area contributed by atoms with Crippen molar-refractivity contribution in [1.82, 2.24) is 0 Å². The molecule has 0 saturated carbocycles. The minimum atomic E-state index is 0.0918. The van der Waals surface area contributed by atoms with E-state index in [1.54, 1.807) is 0 Å². The molecule has 0 spiro atoms. The van der Waals surface area contributed by atoms with Crippen LogP contribution in [0.15, 0.2) is 48.5 Å². The lowest BCUT2D eigenvalue weighted by Crippen LogP contribution is -2.21. The number of aryl methyl sites for hydroxylation is 1. The van der Waals surface area contributed by atoms with Gasteiger partial charge in [-0.25, -0.2) is 0 Å². The van der Waals surface area contributed by atoms with Gasteiger partial charge in [-0.3, -0.25) is 4.79 Å². The highest BCUT2D eigenvalue weighted by Crippen LogP contribution is 2.17. The minimum Gasteiger partial charge on any atom is -0.381 e. The molecule has 1 amide bonds. The standard InChI is InChI=1S/C20H26N2O/c1-4-17(5-2)20(23)22-19-11-9-18(10-12-19)21-14-16-8-6-7-15(3)13-16/h6-13,17,21H,4-5,14H2,1-3H3,(H,22,23). The summed E-state index contributed by atoms with van der Waals surface area (Å²) in [6, 6.07) is 16.3. The molecular weight excluding hydrogens is 284 g/mol. The van der Waals surface area contributed by atoms with E-state index in [4.69, 9.17) is 0 Å². The molecule has 2 aromatic carbocycles. The maximum Gasteiger partial charge on any atom is 0.227 e. The Hall–Kier alpha value is -2.29. The van der Waals surface area contributed by atoms with Crippen LogP contribution < -0.4 is 10.6 Å². The van der Waals surface area contributed by atoms with Gasteiger partial charge in [-0.05, 0) is 49.6 Å². The second-order valence-corrected chi connectivity index (χ2v) is 5.92. The molecule has 0 atom stereocenters. The van der Waals surface area contributed by atoms with E-state index in [1.165, 1.54) is 11.1 Å². The summed E-state index contributed by atoms with van der Waals surface area (Å²) >= 11 is 0. The Bertz CT molecular complexity index is 630. The summed E-state index contributed by atoms with van der Waals surface area (Å²) in [4.78, 5) is 12.1. The number of hydrogen-bond acceptors (Lipinski definition) is 2. The van der Waals surface area contributed by atoms with E-state index in [-0.39, 0.29) is 11.8 Å². The molecule has 3 heteroatoms. The van der Waals surface area contributed by atoms with Gasteiger partial charge >= 0.3 is 0 Å². The minimum absolute atomic E-state index is 0.0918. The Kier molecular flexibility index (Phi) is 6.21. The quantitative estimate of drug-likeness (QED) is 0.757. The van der Waals surface area contributed by atoms with Crippen LogP contribution in [0, 0.1) is 12.8 Å². The molecule has 2 aromatic rings. The van der Waals surface area contributed by atoms with Crippen LogP contribution >= 0.6 is 0 Å². The van der Waals surface area contributed by atoms with Crippen LogP contribution in [0.5, 0.6) is 0 Å². The highest BCUT2D eigenvalue weighted by molar-refractivity contribution is 5.92. The number of hydrogen-bond donors (Lipinski definition) is 2. The van der Waals surface area contributed by atoms with Crippen LogP contribution in [-0.2, 0) is 11.3 Å². The van der Waals surface area contributed by atoms with Crippen molar-refractivity contribution in [3.8, 4) is 0 Å². The molecule has 2 N–H and O–H groups in total. The average Bonchev–Trinajstić information content (AvgIpc) is 2.55. The molecule has 0 unspecified atom stereocenters. The van der Waals surface area contributed by atoms with Crippen LogP contribution in [0.4, 0.5) is 11.4 Å². The summed E-state index contributed by atoms with van der Waals surface area (Å²) < 4.78 is 0. The summed E-state index contributed by atoms with van der Waals surface area (Å²) in [5.74, 6) is 0.199. The van der Waals surface area contributed by atoms with Gasteiger partial charge in [-0.2, -0.15) is 0 Å². The first-order valence-corrected chi connectivity index (χ1v) is 8.32. The summed E-state index contributed by atoms with van der Waals surface area (Å²) in [5, 5.41) is 6.39. The number of nitrogens with one attached hydrogen (secondary N) is 2. The highest BCUT2D eigenvalue weighted by atomic mass is 16.1. The normalized spacial score (nSPS) is 10.6. The zero-order valence-electron chi connectivity index (χ0n) is 14.2. The second-order valence-electron chi connectivity index (χ2n) is 5.92. The summed E-state index contributed by atoms with van der Waals surface area (Å²) in [5.41, 5.74) is 4.43. The first-order chi connectivity index (χ1) is 11.1. The zero-order chi connectivity index (χ0) is 16.7. The van der Waals surface area contributed by atoms with Crippen molar-refractivity contribution in [3.05, 3.63) is 59.7 Å². The molecule has 0 aliphatic rings. The molecule has 0 aliphatic carbocycles. The van der Waals surface area contributed by atoms with E-state index in [9.17, 15) is 4.79 Å². The van der Waals surface area contributed by atoms with Gasteiger partial charge in [-0.15, -0.1) is 0 Å². The van der Waals surface area contributed by atoms with Crippen molar-refractivity contribution in [2.75, 3.05) is 10.6 Å². The molecule has 0 aliphatic heterocycles. The predicted octanol–water partition coefficient (Wildman–Crippen LogP) is 4.98. The molecule has 0 bridgehead atoms. The molecule has 0 fully saturated rings. The Morgan fingerprint density at radius 1 is 1.00 bits per heavy atom. The van der Waals surface area contributed by atoms with E-state index >= 15 is 0 Å². The topological polar surface area (TPSA) is 41.1 Å². The van der Waals surface area contributed by atoms with Gasteiger partial charge in [0.2, 0.25) is 5.91 Å². The van der Waals surface area contributed by atoms with Gasteiger partial charge in [0.15, 0.2) is 0 Å². The van der Waals surface area contributed by atoms with Gasteiger partial charge in [0.1, 0.15) is 0 Å². The van der Waals surface area contributed by atoms with Crippen molar-refractivity contribution >= 4 is 17.3 Å². The van der Waals surface area contributed by atoms with Gasteiger partial charge < -0.3 is 10.6 Å². The number of rotatable bonds is 7. The summed E-state index contributed by atoms with van der Waals surface area (Å²) in [6.07, 6.45) is 1.75. The largest absolute Gasteiger partial charge is 0.381 e. The number of carbonyl (C=O) groups is 1. The van der Waals surface area contributed by atoms with E-state index in [0.29, 0.717) is 0 Å².